The number of hydrogen-bond donors (Lipinski definition) is 3. The van der Waals surface area contributed by atoms with E-state index in [-0.39, 0.29) is 24.8 Å². The molecule has 0 aliphatic heterocycles. The van der Waals surface area contributed by atoms with Gasteiger partial charge in [0.05, 0.1) is 34.6 Å². The van der Waals surface area contributed by atoms with Crippen LogP contribution in [0.1, 0.15) is 39.8 Å². The lowest BCUT2D eigenvalue weighted by Gasteiger charge is -2.18. The Bertz CT molecular complexity index is 1560. The van der Waals surface area contributed by atoms with Crippen molar-refractivity contribution in [2.75, 3.05) is 31.3 Å². The number of fused-ring (bicyclic) bond motifs is 1. The van der Waals surface area contributed by atoms with Crippen LogP contribution < -0.4 is 19.5 Å². The molecule has 0 aliphatic rings. The molecule has 11 heteroatoms. The number of carbonyl (C=O) groups excluding carboxylic acids is 1. The Hall–Kier alpha value is -3.67. The smallest absolute Gasteiger partial charge is 0.266 e. The van der Waals surface area contributed by atoms with E-state index in [1.54, 1.807) is 19.1 Å². The van der Waals surface area contributed by atoms with Crippen LogP contribution in [-0.2, 0) is 10.0 Å². The number of sulfonamides is 1. The fourth-order valence-electron chi connectivity index (χ4n) is 3.92. The first-order valence-corrected chi connectivity index (χ1v) is 14.6. The molecule has 4 rings (SSSR count). The van der Waals surface area contributed by atoms with Gasteiger partial charge in [-0.15, -0.1) is 11.3 Å². The lowest BCUT2D eigenvalue weighted by molar-refractivity contribution is 0.102. The van der Waals surface area contributed by atoms with Gasteiger partial charge in [0.25, 0.3) is 5.91 Å². The highest BCUT2D eigenvalue weighted by Gasteiger charge is 2.20. The SMILES string of the molecule is CCCS(=O)(=O)NCCOc1ccc(/C=C/c2n[nH]c3ccccc23)c(NC(=O)c2sccc2C)c1OC. The molecule has 0 atom stereocenters. The van der Waals surface area contributed by atoms with Crippen LogP contribution in [0.3, 0.4) is 0 Å². The molecule has 200 valence electrons. The van der Waals surface area contributed by atoms with E-state index in [1.165, 1.54) is 18.4 Å². The average molecular weight is 555 g/mol. The van der Waals surface area contributed by atoms with Crippen molar-refractivity contribution in [3.63, 3.8) is 0 Å². The summed E-state index contributed by atoms with van der Waals surface area (Å²) in [5, 5.41) is 13.2. The zero-order valence-electron chi connectivity index (χ0n) is 21.4. The molecule has 3 N–H and O–H groups in total. The maximum atomic E-state index is 13.2. The van der Waals surface area contributed by atoms with E-state index in [2.05, 4.69) is 20.2 Å². The van der Waals surface area contributed by atoms with Crippen molar-refractivity contribution < 1.29 is 22.7 Å². The quantitative estimate of drug-likeness (QED) is 0.210. The fraction of sp³-hybridized carbons (Fsp3) is 0.259. The van der Waals surface area contributed by atoms with Crippen LogP contribution in [0.25, 0.3) is 23.1 Å². The second-order valence-corrected chi connectivity index (χ2v) is 11.3. The van der Waals surface area contributed by atoms with Crippen molar-refractivity contribution in [1.82, 2.24) is 14.9 Å². The molecule has 2 aromatic heterocycles. The average Bonchev–Trinajstić information content (AvgIpc) is 3.52. The number of H-pyrrole nitrogens is 1. The first-order valence-electron chi connectivity index (χ1n) is 12.1. The Kier molecular flexibility index (Phi) is 8.82. The summed E-state index contributed by atoms with van der Waals surface area (Å²) >= 11 is 1.35. The van der Waals surface area contributed by atoms with E-state index in [4.69, 9.17) is 9.47 Å². The van der Waals surface area contributed by atoms with E-state index in [1.807, 2.05) is 54.8 Å². The third-order valence-electron chi connectivity index (χ3n) is 5.74. The van der Waals surface area contributed by atoms with Crippen LogP contribution in [0.2, 0.25) is 0 Å². The standard InChI is InChI=1S/C27H30N4O5S2/c1-4-17-38(33,34)28-14-15-36-23-12-10-19(9-11-22-20-7-5-6-8-21(20)30-31-22)24(25(23)35-3)29-27(32)26-18(2)13-16-37-26/h5-13,16,28H,4,14-15,17H2,1-3H3,(H,29,32)(H,30,31)/b11-9+. The van der Waals surface area contributed by atoms with Crippen LogP contribution >= 0.6 is 11.3 Å². The molecule has 9 nitrogen and oxygen atoms in total. The number of amides is 1. The fourth-order valence-corrected chi connectivity index (χ4v) is 5.81. The molecule has 2 aromatic carbocycles. The Morgan fingerprint density at radius 2 is 1.97 bits per heavy atom. The van der Waals surface area contributed by atoms with Crippen molar-refractivity contribution in [2.45, 2.75) is 20.3 Å². The van der Waals surface area contributed by atoms with Crippen molar-refractivity contribution >= 4 is 56.0 Å². The normalized spacial score (nSPS) is 11.8. The topological polar surface area (TPSA) is 122 Å². The van der Waals surface area contributed by atoms with Crippen LogP contribution in [-0.4, -0.2) is 50.5 Å². The third kappa shape index (κ3) is 6.42. The molecule has 2 heterocycles. The number of thiophene rings is 1. The molecule has 0 saturated carbocycles. The van der Waals surface area contributed by atoms with Crippen molar-refractivity contribution in [2.24, 2.45) is 0 Å². The number of benzene rings is 2. The maximum Gasteiger partial charge on any atom is 0.266 e. The Balaban J connectivity index is 1.64. The monoisotopic (exact) mass is 554 g/mol. The molecule has 1 amide bonds. The van der Waals surface area contributed by atoms with E-state index < -0.39 is 10.0 Å². The molecular formula is C27H30N4O5S2. The Labute approximate surface area is 225 Å². The van der Waals surface area contributed by atoms with Crippen LogP contribution in [0.15, 0.2) is 47.8 Å². The number of carbonyl (C=O) groups is 1. The molecule has 0 aliphatic carbocycles. The number of para-hydroxylation sites is 1. The van der Waals surface area contributed by atoms with Gasteiger partial charge < -0.3 is 14.8 Å². The molecule has 0 bridgehead atoms. The second kappa shape index (κ2) is 12.2. The van der Waals surface area contributed by atoms with Gasteiger partial charge in [0, 0.05) is 17.5 Å². The van der Waals surface area contributed by atoms with E-state index in [0.29, 0.717) is 34.0 Å². The summed E-state index contributed by atoms with van der Waals surface area (Å²) in [7, 11) is -1.85. The number of aromatic amines is 1. The van der Waals surface area contributed by atoms with E-state index in [9.17, 15) is 13.2 Å². The molecular weight excluding hydrogens is 524 g/mol. The zero-order chi connectivity index (χ0) is 27.1. The number of anilines is 1. The molecule has 0 saturated heterocycles. The van der Waals surface area contributed by atoms with Gasteiger partial charge in [0.15, 0.2) is 11.5 Å². The van der Waals surface area contributed by atoms with Crippen molar-refractivity contribution in [3.05, 3.63) is 69.5 Å². The van der Waals surface area contributed by atoms with Gasteiger partial charge in [0.1, 0.15) is 6.61 Å². The number of hydrogen-bond acceptors (Lipinski definition) is 7. The predicted octanol–water partition coefficient (Wildman–Crippen LogP) is 5.07. The van der Waals surface area contributed by atoms with E-state index >= 15 is 0 Å². The van der Waals surface area contributed by atoms with Gasteiger partial charge in [-0.05, 0) is 54.6 Å². The molecule has 0 fully saturated rings. The first-order chi connectivity index (χ1) is 18.3. The number of rotatable bonds is 12. The number of aromatic nitrogens is 2. The number of nitrogens with zero attached hydrogens (tertiary/aromatic N) is 1. The number of nitrogens with one attached hydrogen (secondary N) is 3. The van der Waals surface area contributed by atoms with Gasteiger partial charge >= 0.3 is 0 Å². The summed E-state index contributed by atoms with van der Waals surface area (Å²) in [4.78, 5) is 13.7. The highest BCUT2D eigenvalue weighted by molar-refractivity contribution is 7.89. The predicted molar refractivity (Wildman–Crippen MR) is 153 cm³/mol. The van der Waals surface area contributed by atoms with Crippen LogP contribution in [0.5, 0.6) is 11.5 Å². The Morgan fingerprint density at radius 3 is 2.71 bits per heavy atom. The molecule has 0 radical (unpaired) electrons. The lowest BCUT2D eigenvalue weighted by Crippen LogP contribution is -2.30. The maximum absolute atomic E-state index is 13.2. The van der Waals surface area contributed by atoms with Crippen molar-refractivity contribution in [1.29, 1.82) is 0 Å². The van der Waals surface area contributed by atoms with Crippen LogP contribution in [0, 0.1) is 6.92 Å². The largest absolute Gasteiger partial charge is 0.491 e. The zero-order valence-corrected chi connectivity index (χ0v) is 23.0. The Morgan fingerprint density at radius 1 is 1.16 bits per heavy atom. The van der Waals surface area contributed by atoms with Crippen LogP contribution in [0.4, 0.5) is 5.69 Å². The second-order valence-electron chi connectivity index (χ2n) is 8.50. The molecule has 4 aromatic rings. The summed E-state index contributed by atoms with van der Waals surface area (Å²) < 4.78 is 37.9. The van der Waals surface area contributed by atoms with Crippen molar-refractivity contribution in [3.8, 4) is 11.5 Å². The molecule has 0 spiro atoms. The van der Waals surface area contributed by atoms with Gasteiger partial charge in [-0.2, -0.15) is 5.10 Å². The summed E-state index contributed by atoms with van der Waals surface area (Å²) in [6, 6.07) is 13.2. The highest BCUT2D eigenvalue weighted by Crippen LogP contribution is 2.39. The summed E-state index contributed by atoms with van der Waals surface area (Å²) in [5.74, 6) is 0.502. The summed E-state index contributed by atoms with van der Waals surface area (Å²) in [5.41, 5.74) is 3.67. The van der Waals surface area contributed by atoms with Gasteiger partial charge in [-0.1, -0.05) is 31.2 Å². The number of aryl methyl sites for hydroxylation is 1. The summed E-state index contributed by atoms with van der Waals surface area (Å²) in [6.07, 6.45) is 4.24. The molecule has 0 unspecified atom stereocenters. The van der Waals surface area contributed by atoms with Gasteiger partial charge in [0.2, 0.25) is 10.0 Å². The lowest BCUT2D eigenvalue weighted by atomic mass is 10.1. The minimum Gasteiger partial charge on any atom is -0.491 e. The number of ether oxygens (including phenoxy) is 2. The summed E-state index contributed by atoms with van der Waals surface area (Å²) in [6.45, 7) is 3.88. The third-order valence-corrected chi connectivity index (χ3v) is 8.34. The van der Waals surface area contributed by atoms with E-state index in [0.717, 1.165) is 22.2 Å². The number of methoxy groups -OCH3 is 1. The van der Waals surface area contributed by atoms with Gasteiger partial charge in [-0.3, -0.25) is 9.89 Å². The minimum atomic E-state index is -3.34. The van der Waals surface area contributed by atoms with Gasteiger partial charge in [-0.25, -0.2) is 13.1 Å². The first kappa shape index (κ1) is 27.4. The highest BCUT2D eigenvalue weighted by atomic mass is 32.2. The minimum absolute atomic E-state index is 0.0565. The molecule has 38 heavy (non-hydrogen) atoms.